The number of benzene rings is 2. The zero-order valence-corrected chi connectivity index (χ0v) is 14.5. The van der Waals surface area contributed by atoms with E-state index in [1.807, 2.05) is 36.4 Å². The molecule has 0 aliphatic carbocycles. The molecule has 2 aromatic carbocycles. The van der Waals surface area contributed by atoms with Gasteiger partial charge in [0.1, 0.15) is 5.69 Å². The van der Waals surface area contributed by atoms with Crippen LogP contribution in [-0.2, 0) is 0 Å². The molecule has 0 fully saturated rings. The third-order valence-corrected chi connectivity index (χ3v) is 4.66. The first kappa shape index (κ1) is 14.6. The summed E-state index contributed by atoms with van der Waals surface area (Å²) in [5.74, 6) is 0.267. The molecule has 6 heteroatoms. The van der Waals surface area contributed by atoms with Crippen molar-refractivity contribution in [2.24, 2.45) is 0 Å². The fraction of sp³-hybridized carbons (Fsp3) is 0. The molecule has 1 heterocycles. The average Bonchev–Trinajstić information content (AvgIpc) is 2.84. The quantitative estimate of drug-likeness (QED) is 0.564. The van der Waals surface area contributed by atoms with Crippen molar-refractivity contribution >= 4 is 49.3 Å². The van der Waals surface area contributed by atoms with Crippen molar-refractivity contribution in [2.75, 3.05) is 5.73 Å². The SMILES string of the molecule is Nc1onc(-c2cc(Cl)ccc2Br)c1-c1ccccc1Br. The number of nitrogen functional groups attached to an aromatic ring is 1. The highest BCUT2D eigenvalue weighted by molar-refractivity contribution is 9.11. The second kappa shape index (κ2) is 5.83. The molecule has 0 aliphatic rings. The van der Waals surface area contributed by atoms with Crippen LogP contribution in [0.1, 0.15) is 0 Å². The summed E-state index contributed by atoms with van der Waals surface area (Å²) < 4.78 is 6.98. The molecule has 0 aliphatic heterocycles. The number of nitrogens with zero attached hydrogens (tertiary/aromatic N) is 1. The van der Waals surface area contributed by atoms with Crippen LogP contribution in [0.25, 0.3) is 22.4 Å². The van der Waals surface area contributed by atoms with Gasteiger partial charge in [-0.2, -0.15) is 0 Å². The van der Waals surface area contributed by atoms with E-state index in [-0.39, 0.29) is 5.88 Å². The van der Waals surface area contributed by atoms with Gasteiger partial charge in [0.25, 0.3) is 0 Å². The molecule has 0 unspecified atom stereocenters. The van der Waals surface area contributed by atoms with E-state index >= 15 is 0 Å². The Hall–Kier alpha value is -1.30. The standard InChI is InChI=1S/C15H9Br2ClN2O/c16-11-4-2-1-3-9(11)13-14(20-21-15(13)19)10-7-8(18)5-6-12(10)17/h1-7H,19H2. The molecular weight excluding hydrogens is 419 g/mol. The van der Waals surface area contributed by atoms with Gasteiger partial charge in [-0.1, -0.05) is 66.8 Å². The monoisotopic (exact) mass is 426 g/mol. The summed E-state index contributed by atoms with van der Waals surface area (Å²) in [5.41, 5.74) is 9.10. The zero-order valence-electron chi connectivity index (χ0n) is 10.6. The summed E-state index contributed by atoms with van der Waals surface area (Å²) in [6, 6.07) is 13.3. The zero-order chi connectivity index (χ0) is 15.0. The Morgan fingerprint density at radius 3 is 2.48 bits per heavy atom. The predicted octanol–water partition coefficient (Wildman–Crippen LogP) is 5.77. The van der Waals surface area contributed by atoms with Crippen molar-refractivity contribution in [3.8, 4) is 22.4 Å². The van der Waals surface area contributed by atoms with E-state index in [0.717, 1.165) is 25.6 Å². The van der Waals surface area contributed by atoms with E-state index in [1.165, 1.54) is 0 Å². The molecule has 3 nitrogen and oxygen atoms in total. The Morgan fingerprint density at radius 2 is 1.71 bits per heavy atom. The Bertz CT molecular complexity index is 817. The molecule has 3 aromatic rings. The van der Waals surface area contributed by atoms with E-state index in [0.29, 0.717) is 10.7 Å². The lowest BCUT2D eigenvalue weighted by molar-refractivity contribution is 0.439. The van der Waals surface area contributed by atoms with Gasteiger partial charge < -0.3 is 10.3 Å². The number of rotatable bonds is 2. The third-order valence-electron chi connectivity index (χ3n) is 3.05. The van der Waals surface area contributed by atoms with Gasteiger partial charge in [-0.15, -0.1) is 0 Å². The molecule has 0 radical (unpaired) electrons. The molecule has 0 saturated carbocycles. The molecule has 0 saturated heterocycles. The molecule has 0 spiro atoms. The van der Waals surface area contributed by atoms with Crippen LogP contribution in [0.2, 0.25) is 5.02 Å². The first-order valence-electron chi connectivity index (χ1n) is 6.03. The second-order valence-corrected chi connectivity index (χ2v) is 6.52. The maximum Gasteiger partial charge on any atom is 0.230 e. The molecule has 0 atom stereocenters. The molecular formula is C15H9Br2ClN2O. The van der Waals surface area contributed by atoms with Crippen LogP contribution in [-0.4, -0.2) is 5.16 Å². The molecule has 2 N–H and O–H groups in total. The summed E-state index contributed by atoms with van der Waals surface area (Å²) in [6.45, 7) is 0. The summed E-state index contributed by atoms with van der Waals surface area (Å²) in [5, 5.41) is 4.71. The van der Waals surface area contributed by atoms with Gasteiger partial charge >= 0.3 is 0 Å². The highest BCUT2D eigenvalue weighted by Gasteiger charge is 2.21. The van der Waals surface area contributed by atoms with Crippen LogP contribution in [0, 0.1) is 0 Å². The van der Waals surface area contributed by atoms with Gasteiger partial charge in [-0.3, -0.25) is 0 Å². The minimum Gasteiger partial charge on any atom is -0.367 e. The predicted molar refractivity (Wildman–Crippen MR) is 92.2 cm³/mol. The van der Waals surface area contributed by atoms with Crippen LogP contribution < -0.4 is 5.73 Å². The first-order chi connectivity index (χ1) is 10.1. The van der Waals surface area contributed by atoms with Crippen LogP contribution in [0.4, 0.5) is 5.88 Å². The molecule has 1 aromatic heterocycles. The second-order valence-electron chi connectivity index (χ2n) is 4.37. The molecule has 0 bridgehead atoms. The molecule has 3 rings (SSSR count). The molecule has 106 valence electrons. The summed E-state index contributed by atoms with van der Waals surface area (Å²) in [6.07, 6.45) is 0. The van der Waals surface area contributed by atoms with Crippen LogP contribution >= 0.6 is 43.5 Å². The number of hydrogen-bond donors (Lipinski definition) is 1. The lowest BCUT2D eigenvalue weighted by Crippen LogP contribution is -1.89. The third kappa shape index (κ3) is 2.73. The summed E-state index contributed by atoms with van der Waals surface area (Å²) in [4.78, 5) is 0. The van der Waals surface area contributed by atoms with Crippen molar-refractivity contribution in [2.45, 2.75) is 0 Å². The van der Waals surface area contributed by atoms with E-state index < -0.39 is 0 Å². The summed E-state index contributed by atoms with van der Waals surface area (Å²) >= 11 is 13.1. The maximum absolute atomic E-state index is 6.08. The minimum absolute atomic E-state index is 0.267. The summed E-state index contributed by atoms with van der Waals surface area (Å²) in [7, 11) is 0. The highest BCUT2D eigenvalue weighted by Crippen LogP contribution is 2.42. The average molecular weight is 429 g/mol. The fourth-order valence-corrected chi connectivity index (χ4v) is 3.18. The lowest BCUT2D eigenvalue weighted by atomic mass is 10.0. The van der Waals surface area contributed by atoms with Crippen molar-refractivity contribution in [1.29, 1.82) is 0 Å². The topological polar surface area (TPSA) is 52.0 Å². The Kier molecular flexibility index (Phi) is 4.06. The van der Waals surface area contributed by atoms with Gasteiger partial charge in [0.15, 0.2) is 0 Å². The van der Waals surface area contributed by atoms with Crippen LogP contribution in [0.15, 0.2) is 55.9 Å². The Morgan fingerprint density at radius 1 is 1.00 bits per heavy atom. The number of halogens is 3. The minimum atomic E-state index is 0.267. The number of anilines is 1. The first-order valence-corrected chi connectivity index (χ1v) is 8.00. The number of hydrogen-bond acceptors (Lipinski definition) is 3. The van der Waals surface area contributed by atoms with E-state index in [9.17, 15) is 0 Å². The van der Waals surface area contributed by atoms with Gasteiger partial charge in [0.05, 0.1) is 5.56 Å². The Balaban J connectivity index is 2.27. The van der Waals surface area contributed by atoms with Gasteiger partial charge in [0.2, 0.25) is 5.88 Å². The van der Waals surface area contributed by atoms with Gasteiger partial charge in [0, 0.05) is 25.1 Å². The van der Waals surface area contributed by atoms with Crippen LogP contribution in [0.5, 0.6) is 0 Å². The smallest absolute Gasteiger partial charge is 0.230 e. The maximum atomic E-state index is 6.08. The molecule has 0 amide bonds. The fourth-order valence-electron chi connectivity index (χ4n) is 2.09. The van der Waals surface area contributed by atoms with E-state index in [4.69, 9.17) is 21.9 Å². The lowest BCUT2D eigenvalue weighted by Gasteiger charge is -2.07. The number of nitrogens with two attached hydrogens (primary N) is 1. The number of aromatic nitrogens is 1. The highest BCUT2D eigenvalue weighted by atomic mass is 79.9. The molecule has 21 heavy (non-hydrogen) atoms. The van der Waals surface area contributed by atoms with Gasteiger partial charge in [-0.05, 0) is 24.3 Å². The van der Waals surface area contributed by atoms with Gasteiger partial charge in [-0.25, -0.2) is 0 Å². The van der Waals surface area contributed by atoms with Crippen molar-refractivity contribution < 1.29 is 4.52 Å². The van der Waals surface area contributed by atoms with Crippen molar-refractivity contribution in [3.63, 3.8) is 0 Å². The largest absolute Gasteiger partial charge is 0.367 e. The van der Waals surface area contributed by atoms with Crippen molar-refractivity contribution in [3.05, 3.63) is 56.4 Å². The van der Waals surface area contributed by atoms with E-state index in [2.05, 4.69) is 37.0 Å². The Labute approximate surface area is 143 Å². The normalized spacial score (nSPS) is 10.8. The van der Waals surface area contributed by atoms with Crippen LogP contribution in [0.3, 0.4) is 0 Å². The van der Waals surface area contributed by atoms with E-state index in [1.54, 1.807) is 6.07 Å². The van der Waals surface area contributed by atoms with Crippen molar-refractivity contribution in [1.82, 2.24) is 5.16 Å².